The van der Waals surface area contributed by atoms with E-state index in [0.29, 0.717) is 12.2 Å². The molecule has 2 N–H and O–H groups in total. The topological polar surface area (TPSA) is 105 Å². The average Bonchev–Trinajstić information content (AvgIpc) is 2.89. The van der Waals surface area contributed by atoms with Gasteiger partial charge in [0.1, 0.15) is 0 Å². The number of amides is 4. The number of nitrogens with one attached hydrogen (secondary N) is 2. The van der Waals surface area contributed by atoms with Crippen molar-refractivity contribution in [1.29, 1.82) is 0 Å². The molecule has 1 aliphatic heterocycles. The van der Waals surface area contributed by atoms with E-state index in [1.54, 1.807) is 20.8 Å². The molecule has 0 bridgehead atoms. The van der Waals surface area contributed by atoms with Gasteiger partial charge in [-0.3, -0.25) is 19.3 Å². The van der Waals surface area contributed by atoms with E-state index in [2.05, 4.69) is 10.6 Å². The van der Waals surface area contributed by atoms with Crippen LogP contribution in [0.15, 0.2) is 18.2 Å². The zero-order valence-electron chi connectivity index (χ0n) is 16.8. The molecular formula is C20H27N3O5. The van der Waals surface area contributed by atoms with Crippen LogP contribution >= 0.6 is 0 Å². The minimum atomic E-state index is -0.646. The molecule has 0 atom stereocenters. The van der Waals surface area contributed by atoms with Crippen molar-refractivity contribution < 1.29 is 23.9 Å². The summed E-state index contributed by atoms with van der Waals surface area (Å²) in [6.07, 6.45) is 1.22. The van der Waals surface area contributed by atoms with Crippen molar-refractivity contribution in [3.63, 3.8) is 0 Å². The summed E-state index contributed by atoms with van der Waals surface area (Å²) in [5, 5.41) is 5.21. The first kappa shape index (κ1) is 21.4. The first-order chi connectivity index (χ1) is 13.2. The number of carbonyl (C=O) groups is 4. The highest BCUT2D eigenvalue weighted by Crippen LogP contribution is 2.29. The summed E-state index contributed by atoms with van der Waals surface area (Å²) < 4.78 is 4.95. The molecule has 28 heavy (non-hydrogen) atoms. The van der Waals surface area contributed by atoms with Crippen LogP contribution in [-0.2, 0) is 4.74 Å². The van der Waals surface area contributed by atoms with Crippen LogP contribution < -0.4 is 10.6 Å². The zero-order chi connectivity index (χ0) is 20.9. The minimum Gasteiger partial charge on any atom is -0.450 e. The Morgan fingerprint density at radius 2 is 1.68 bits per heavy atom. The maximum absolute atomic E-state index is 12.6. The predicted molar refractivity (Wildman–Crippen MR) is 103 cm³/mol. The van der Waals surface area contributed by atoms with Crippen LogP contribution in [0, 0.1) is 0 Å². The van der Waals surface area contributed by atoms with Gasteiger partial charge in [-0.25, -0.2) is 4.79 Å². The van der Waals surface area contributed by atoms with E-state index in [1.165, 1.54) is 23.1 Å². The first-order valence-electron chi connectivity index (χ1n) is 9.38. The second-order valence-electron chi connectivity index (χ2n) is 7.55. The number of carbonyl (C=O) groups excluding carboxylic acids is 4. The lowest BCUT2D eigenvalue weighted by molar-refractivity contribution is 0.0507. The van der Waals surface area contributed by atoms with Crippen LogP contribution in [0.4, 0.5) is 4.79 Å². The number of hydrogen-bond donors (Lipinski definition) is 2. The Labute approximate surface area is 164 Å². The molecule has 1 aromatic carbocycles. The Morgan fingerprint density at radius 3 is 2.32 bits per heavy atom. The molecule has 0 aliphatic carbocycles. The van der Waals surface area contributed by atoms with Gasteiger partial charge in [0.2, 0.25) is 0 Å². The van der Waals surface area contributed by atoms with Crippen molar-refractivity contribution in [3.05, 3.63) is 34.9 Å². The largest absolute Gasteiger partial charge is 0.450 e. The number of benzene rings is 1. The third-order valence-corrected chi connectivity index (χ3v) is 4.23. The number of imide groups is 1. The molecule has 0 fully saturated rings. The van der Waals surface area contributed by atoms with E-state index < -0.39 is 23.4 Å². The lowest BCUT2D eigenvalue weighted by Crippen LogP contribution is -2.45. The monoisotopic (exact) mass is 389 g/mol. The van der Waals surface area contributed by atoms with Crippen molar-refractivity contribution in [3.8, 4) is 0 Å². The second-order valence-corrected chi connectivity index (χ2v) is 7.55. The van der Waals surface area contributed by atoms with Gasteiger partial charge in [-0.2, -0.15) is 0 Å². The molecular weight excluding hydrogens is 362 g/mol. The van der Waals surface area contributed by atoms with Crippen molar-refractivity contribution in [2.24, 2.45) is 0 Å². The molecule has 1 aliphatic rings. The normalized spacial score (nSPS) is 13.4. The Hall–Kier alpha value is -2.90. The van der Waals surface area contributed by atoms with Gasteiger partial charge in [0.25, 0.3) is 17.7 Å². The maximum atomic E-state index is 12.6. The zero-order valence-corrected chi connectivity index (χ0v) is 16.8. The van der Waals surface area contributed by atoms with Gasteiger partial charge in [0.05, 0.1) is 17.7 Å². The highest BCUT2D eigenvalue weighted by Gasteiger charge is 2.42. The van der Waals surface area contributed by atoms with Crippen LogP contribution in [0.5, 0.6) is 0 Å². The van der Waals surface area contributed by atoms with E-state index in [1.807, 2.05) is 6.92 Å². The highest BCUT2D eigenvalue weighted by atomic mass is 16.5. The van der Waals surface area contributed by atoms with Crippen molar-refractivity contribution >= 4 is 23.8 Å². The van der Waals surface area contributed by atoms with Gasteiger partial charge in [-0.15, -0.1) is 0 Å². The SMILES string of the molecule is CCCCOC(=O)NCCNC(=O)c1ccc2c(c1)C(=O)N(C(C)(C)C)C2=O. The van der Waals surface area contributed by atoms with Crippen molar-refractivity contribution in [1.82, 2.24) is 15.5 Å². The Bertz CT molecular complexity index is 783. The van der Waals surface area contributed by atoms with E-state index in [0.717, 1.165) is 12.8 Å². The standard InChI is InChI=1S/C20H27N3O5/c1-5-6-11-28-19(27)22-10-9-21-16(24)13-7-8-14-15(12-13)18(26)23(17(14)25)20(2,3)4/h7-8,12H,5-6,9-11H2,1-4H3,(H,21,24)(H,22,27). The fraction of sp³-hybridized carbons (Fsp3) is 0.500. The maximum Gasteiger partial charge on any atom is 0.407 e. The molecule has 0 spiro atoms. The fourth-order valence-corrected chi connectivity index (χ4v) is 2.79. The Balaban J connectivity index is 1.92. The van der Waals surface area contributed by atoms with E-state index >= 15 is 0 Å². The van der Waals surface area contributed by atoms with Crippen LogP contribution in [-0.4, -0.2) is 54.0 Å². The smallest absolute Gasteiger partial charge is 0.407 e. The van der Waals surface area contributed by atoms with Gasteiger partial charge in [0, 0.05) is 24.2 Å². The number of hydrogen-bond acceptors (Lipinski definition) is 5. The van der Waals surface area contributed by atoms with Gasteiger partial charge in [-0.1, -0.05) is 13.3 Å². The van der Waals surface area contributed by atoms with Crippen molar-refractivity contribution in [2.75, 3.05) is 19.7 Å². The minimum absolute atomic E-state index is 0.208. The van der Waals surface area contributed by atoms with Crippen LogP contribution in [0.1, 0.15) is 71.6 Å². The lowest BCUT2D eigenvalue weighted by atomic mass is 10.1. The second kappa shape index (κ2) is 8.86. The van der Waals surface area contributed by atoms with Crippen LogP contribution in [0.25, 0.3) is 0 Å². The van der Waals surface area contributed by atoms with Crippen LogP contribution in [0.2, 0.25) is 0 Å². The predicted octanol–water partition coefficient (Wildman–Crippen LogP) is 2.34. The summed E-state index contributed by atoms with van der Waals surface area (Å²) in [5.74, 6) is -1.15. The molecule has 0 unspecified atom stereocenters. The number of fused-ring (bicyclic) bond motifs is 1. The van der Waals surface area contributed by atoms with E-state index in [9.17, 15) is 19.2 Å². The molecule has 1 heterocycles. The van der Waals surface area contributed by atoms with Crippen molar-refractivity contribution in [2.45, 2.75) is 46.1 Å². The Morgan fingerprint density at radius 1 is 1.04 bits per heavy atom. The quantitative estimate of drug-likeness (QED) is 0.550. The summed E-state index contributed by atoms with van der Waals surface area (Å²) >= 11 is 0. The van der Waals surface area contributed by atoms with E-state index in [-0.39, 0.29) is 30.1 Å². The summed E-state index contributed by atoms with van der Waals surface area (Å²) in [7, 11) is 0. The third kappa shape index (κ3) is 4.88. The molecule has 0 radical (unpaired) electrons. The molecule has 0 saturated carbocycles. The number of nitrogens with zero attached hydrogens (tertiary/aromatic N) is 1. The molecule has 1 aromatic rings. The summed E-state index contributed by atoms with van der Waals surface area (Å²) in [6, 6.07) is 4.45. The van der Waals surface area contributed by atoms with Crippen LogP contribution in [0.3, 0.4) is 0 Å². The molecule has 8 nitrogen and oxygen atoms in total. The summed E-state index contributed by atoms with van der Waals surface area (Å²) in [4.78, 5) is 50.0. The molecule has 0 saturated heterocycles. The third-order valence-electron chi connectivity index (χ3n) is 4.23. The number of rotatable bonds is 7. The van der Waals surface area contributed by atoms with Gasteiger partial charge < -0.3 is 15.4 Å². The summed E-state index contributed by atoms with van der Waals surface area (Å²) in [5.41, 5.74) is 0.159. The lowest BCUT2D eigenvalue weighted by Gasteiger charge is -2.29. The summed E-state index contributed by atoms with van der Waals surface area (Å²) in [6.45, 7) is 8.13. The van der Waals surface area contributed by atoms with Gasteiger partial charge in [0.15, 0.2) is 0 Å². The molecule has 4 amide bonds. The molecule has 0 aromatic heterocycles. The van der Waals surface area contributed by atoms with Gasteiger partial charge >= 0.3 is 6.09 Å². The van der Waals surface area contributed by atoms with E-state index in [4.69, 9.17) is 4.74 Å². The molecule has 2 rings (SSSR count). The molecule has 8 heteroatoms. The fourth-order valence-electron chi connectivity index (χ4n) is 2.79. The van der Waals surface area contributed by atoms with Gasteiger partial charge in [-0.05, 0) is 45.4 Å². The first-order valence-corrected chi connectivity index (χ1v) is 9.38. The number of ether oxygens (including phenoxy) is 1. The number of alkyl carbamates (subject to hydrolysis) is 1. The Kier molecular flexibility index (Phi) is 6.77. The highest BCUT2D eigenvalue weighted by molar-refractivity contribution is 6.22. The molecule has 152 valence electrons. The number of unbranched alkanes of at least 4 members (excludes halogenated alkanes) is 1. The average molecular weight is 389 g/mol.